The number of hydrogen-bond donors (Lipinski definition) is 2. The van der Waals surface area contributed by atoms with Crippen LogP contribution in [-0.4, -0.2) is 38.7 Å². The van der Waals surface area contributed by atoms with Gasteiger partial charge in [0.25, 0.3) is 0 Å². The van der Waals surface area contributed by atoms with Gasteiger partial charge in [-0.2, -0.15) is 0 Å². The molecule has 0 aliphatic rings. The minimum atomic E-state index is 0.635. The molecule has 0 spiro atoms. The number of pyridine rings is 1. The summed E-state index contributed by atoms with van der Waals surface area (Å²) in [4.78, 5) is 11.1. The van der Waals surface area contributed by atoms with E-state index in [1.165, 1.54) is 5.56 Å². The highest BCUT2D eigenvalue weighted by Gasteiger charge is 2.09. The smallest absolute Gasteiger partial charge is 0.191 e. The molecule has 2 N–H and O–H groups in total. The van der Waals surface area contributed by atoms with Crippen molar-refractivity contribution < 1.29 is 4.74 Å². The van der Waals surface area contributed by atoms with Crippen molar-refractivity contribution in [2.24, 2.45) is 4.99 Å². The molecule has 0 atom stereocenters. The number of benzene rings is 2. The van der Waals surface area contributed by atoms with Crippen molar-refractivity contribution in [3.63, 3.8) is 0 Å². The Bertz CT molecular complexity index is 984. The Kier molecular flexibility index (Phi) is 6.89. The minimum absolute atomic E-state index is 0.635. The quantitative estimate of drug-likeness (QED) is 0.476. The molecule has 0 saturated heterocycles. The number of fused-ring (bicyclic) bond motifs is 1. The van der Waals surface area contributed by atoms with Crippen molar-refractivity contribution in [2.75, 3.05) is 32.6 Å². The zero-order valence-corrected chi connectivity index (χ0v) is 17.6. The largest absolute Gasteiger partial charge is 0.494 e. The van der Waals surface area contributed by atoms with Gasteiger partial charge < -0.3 is 20.3 Å². The van der Waals surface area contributed by atoms with Gasteiger partial charge in [-0.05, 0) is 30.7 Å². The van der Waals surface area contributed by atoms with Gasteiger partial charge in [0, 0.05) is 45.2 Å². The van der Waals surface area contributed by atoms with E-state index in [9.17, 15) is 0 Å². The molecular formula is C23H29N5O. The molecule has 0 aliphatic carbocycles. The lowest BCUT2D eigenvalue weighted by Crippen LogP contribution is -2.36. The summed E-state index contributed by atoms with van der Waals surface area (Å²) in [6.45, 7) is 3.92. The SMILES string of the molecule is CCOc1ccccc1CNC(=NC)NCc1cc(N(C)C)nc2ccccc12. The van der Waals surface area contributed by atoms with Gasteiger partial charge in [0.1, 0.15) is 11.6 Å². The lowest BCUT2D eigenvalue weighted by atomic mass is 10.1. The number of nitrogens with zero attached hydrogens (tertiary/aromatic N) is 3. The van der Waals surface area contributed by atoms with E-state index in [1.54, 1.807) is 7.05 Å². The van der Waals surface area contributed by atoms with Crippen LogP contribution in [0.1, 0.15) is 18.1 Å². The molecule has 3 aromatic rings. The maximum absolute atomic E-state index is 5.70. The summed E-state index contributed by atoms with van der Waals surface area (Å²) in [7, 11) is 5.79. The van der Waals surface area contributed by atoms with Gasteiger partial charge in [0.2, 0.25) is 0 Å². The fraction of sp³-hybridized carbons (Fsp3) is 0.304. The average molecular weight is 392 g/mol. The molecule has 0 saturated carbocycles. The van der Waals surface area contributed by atoms with Crippen LogP contribution in [0, 0.1) is 0 Å². The Hall–Kier alpha value is -3.28. The Morgan fingerprint density at radius 3 is 2.41 bits per heavy atom. The van der Waals surface area contributed by atoms with Crippen LogP contribution < -0.4 is 20.3 Å². The van der Waals surface area contributed by atoms with Gasteiger partial charge in [-0.3, -0.25) is 4.99 Å². The van der Waals surface area contributed by atoms with Crippen LogP contribution in [0.4, 0.5) is 5.82 Å². The Morgan fingerprint density at radius 2 is 1.69 bits per heavy atom. The molecule has 0 aliphatic heterocycles. The summed E-state index contributed by atoms with van der Waals surface area (Å²) < 4.78 is 5.70. The lowest BCUT2D eigenvalue weighted by molar-refractivity contribution is 0.336. The molecule has 1 heterocycles. The topological polar surface area (TPSA) is 61.8 Å². The second kappa shape index (κ2) is 9.78. The van der Waals surface area contributed by atoms with Crippen molar-refractivity contribution in [1.82, 2.24) is 15.6 Å². The van der Waals surface area contributed by atoms with E-state index in [0.29, 0.717) is 19.7 Å². The van der Waals surface area contributed by atoms with Crippen molar-refractivity contribution in [2.45, 2.75) is 20.0 Å². The van der Waals surface area contributed by atoms with Gasteiger partial charge in [0.05, 0.1) is 12.1 Å². The van der Waals surface area contributed by atoms with E-state index >= 15 is 0 Å². The number of anilines is 1. The van der Waals surface area contributed by atoms with E-state index in [4.69, 9.17) is 9.72 Å². The zero-order valence-electron chi connectivity index (χ0n) is 17.6. The van der Waals surface area contributed by atoms with E-state index in [-0.39, 0.29) is 0 Å². The average Bonchev–Trinajstić information content (AvgIpc) is 2.74. The Morgan fingerprint density at radius 1 is 1.00 bits per heavy atom. The standard InChI is InChI=1S/C23H29N5O/c1-5-29-21-13-9-6-10-17(21)15-25-23(24-2)26-16-18-14-22(28(3)4)27-20-12-8-7-11-19(18)20/h6-14H,5,15-16H2,1-4H3,(H2,24,25,26). The molecule has 2 aromatic carbocycles. The Labute approximate surface area is 172 Å². The molecule has 0 radical (unpaired) electrons. The van der Waals surface area contributed by atoms with Crippen LogP contribution in [0.3, 0.4) is 0 Å². The second-order valence-electron chi connectivity index (χ2n) is 6.87. The van der Waals surface area contributed by atoms with Crippen LogP contribution in [0.2, 0.25) is 0 Å². The highest BCUT2D eigenvalue weighted by atomic mass is 16.5. The van der Waals surface area contributed by atoms with E-state index in [2.05, 4.69) is 33.8 Å². The monoisotopic (exact) mass is 391 g/mol. The summed E-state index contributed by atoms with van der Waals surface area (Å²) >= 11 is 0. The number of nitrogens with one attached hydrogen (secondary N) is 2. The van der Waals surface area contributed by atoms with Crippen LogP contribution in [-0.2, 0) is 13.1 Å². The normalized spacial score (nSPS) is 11.4. The first-order valence-electron chi connectivity index (χ1n) is 9.83. The maximum Gasteiger partial charge on any atom is 0.191 e. The van der Waals surface area contributed by atoms with Crippen LogP contribution in [0.5, 0.6) is 5.75 Å². The van der Waals surface area contributed by atoms with Crippen LogP contribution >= 0.6 is 0 Å². The molecule has 0 amide bonds. The number of rotatable bonds is 7. The third-order valence-electron chi connectivity index (χ3n) is 4.64. The first-order valence-corrected chi connectivity index (χ1v) is 9.83. The summed E-state index contributed by atoms with van der Waals surface area (Å²) in [6.07, 6.45) is 0. The molecule has 152 valence electrons. The van der Waals surface area contributed by atoms with E-state index in [0.717, 1.165) is 34.0 Å². The summed E-state index contributed by atoms with van der Waals surface area (Å²) in [5.41, 5.74) is 3.27. The van der Waals surface area contributed by atoms with Crippen LogP contribution in [0.15, 0.2) is 59.6 Å². The van der Waals surface area contributed by atoms with E-state index < -0.39 is 0 Å². The van der Waals surface area contributed by atoms with Crippen LogP contribution in [0.25, 0.3) is 10.9 Å². The number of ether oxygens (including phenoxy) is 1. The number of aliphatic imine (C=N–C) groups is 1. The molecule has 0 bridgehead atoms. The summed E-state index contributed by atoms with van der Waals surface area (Å²) in [6, 6.07) is 18.4. The molecule has 6 heteroatoms. The van der Waals surface area contributed by atoms with Gasteiger partial charge in [-0.1, -0.05) is 36.4 Å². The molecule has 6 nitrogen and oxygen atoms in total. The fourth-order valence-electron chi connectivity index (χ4n) is 3.13. The zero-order chi connectivity index (χ0) is 20.6. The predicted octanol–water partition coefficient (Wildman–Crippen LogP) is 3.56. The fourth-order valence-corrected chi connectivity index (χ4v) is 3.13. The first-order chi connectivity index (χ1) is 14.1. The van der Waals surface area contributed by atoms with Gasteiger partial charge in [-0.15, -0.1) is 0 Å². The minimum Gasteiger partial charge on any atom is -0.494 e. The molecule has 3 rings (SSSR count). The van der Waals surface area contributed by atoms with Crippen molar-refractivity contribution >= 4 is 22.7 Å². The lowest BCUT2D eigenvalue weighted by Gasteiger charge is -2.17. The molecule has 0 unspecified atom stereocenters. The predicted molar refractivity (Wildman–Crippen MR) is 121 cm³/mol. The van der Waals surface area contributed by atoms with E-state index in [1.807, 2.05) is 62.3 Å². The number of para-hydroxylation sites is 2. The van der Waals surface area contributed by atoms with Gasteiger partial charge in [-0.25, -0.2) is 4.98 Å². The third kappa shape index (κ3) is 5.16. The number of guanidine groups is 1. The Balaban J connectivity index is 1.72. The van der Waals surface area contributed by atoms with Crippen molar-refractivity contribution in [1.29, 1.82) is 0 Å². The second-order valence-corrected chi connectivity index (χ2v) is 6.87. The highest BCUT2D eigenvalue weighted by Crippen LogP contribution is 2.22. The molecular weight excluding hydrogens is 362 g/mol. The number of aromatic nitrogens is 1. The summed E-state index contributed by atoms with van der Waals surface area (Å²) in [5.74, 6) is 2.58. The molecule has 0 fully saturated rings. The van der Waals surface area contributed by atoms with Crippen molar-refractivity contribution in [3.05, 3.63) is 65.7 Å². The summed E-state index contributed by atoms with van der Waals surface area (Å²) in [5, 5.41) is 7.93. The highest BCUT2D eigenvalue weighted by molar-refractivity contribution is 5.85. The first kappa shape index (κ1) is 20.5. The van der Waals surface area contributed by atoms with Crippen molar-refractivity contribution in [3.8, 4) is 5.75 Å². The maximum atomic E-state index is 5.70. The number of hydrogen-bond acceptors (Lipinski definition) is 4. The molecule has 29 heavy (non-hydrogen) atoms. The van der Waals surface area contributed by atoms with Gasteiger partial charge in [0.15, 0.2) is 5.96 Å². The molecule has 1 aromatic heterocycles. The third-order valence-corrected chi connectivity index (χ3v) is 4.64. The van der Waals surface area contributed by atoms with Gasteiger partial charge >= 0.3 is 0 Å².